The molecule has 0 aromatic heterocycles. The zero-order valence-corrected chi connectivity index (χ0v) is 15.1. The van der Waals surface area contributed by atoms with Gasteiger partial charge in [-0.1, -0.05) is 18.2 Å². The Labute approximate surface area is 153 Å². The lowest BCUT2D eigenvalue weighted by molar-refractivity contribution is -0.121. The van der Waals surface area contributed by atoms with Crippen molar-refractivity contribution in [1.29, 1.82) is 0 Å². The summed E-state index contributed by atoms with van der Waals surface area (Å²) in [7, 11) is 1.61. The van der Waals surface area contributed by atoms with Crippen molar-refractivity contribution in [2.75, 3.05) is 26.8 Å². The van der Waals surface area contributed by atoms with E-state index in [-0.39, 0.29) is 18.2 Å². The molecule has 6 nitrogen and oxygen atoms in total. The Hall–Kier alpha value is -3.02. The summed E-state index contributed by atoms with van der Waals surface area (Å²) in [4.78, 5) is 23.8. The molecular weight excluding hydrogens is 332 g/mol. The lowest BCUT2D eigenvalue weighted by Crippen LogP contribution is -2.32. The van der Waals surface area contributed by atoms with Crippen molar-refractivity contribution < 1.29 is 19.1 Å². The van der Waals surface area contributed by atoms with Crippen molar-refractivity contribution in [3.05, 3.63) is 59.7 Å². The van der Waals surface area contributed by atoms with Crippen LogP contribution in [0.25, 0.3) is 0 Å². The van der Waals surface area contributed by atoms with Crippen LogP contribution >= 0.6 is 0 Å². The molecule has 2 N–H and O–H groups in total. The zero-order valence-electron chi connectivity index (χ0n) is 15.1. The number of ether oxygens (including phenoxy) is 2. The van der Waals surface area contributed by atoms with E-state index in [1.807, 2.05) is 49.4 Å². The highest BCUT2D eigenvalue weighted by atomic mass is 16.5. The number of aryl methyl sites for hydroxylation is 1. The van der Waals surface area contributed by atoms with Crippen LogP contribution in [0, 0.1) is 6.92 Å². The van der Waals surface area contributed by atoms with E-state index < -0.39 is 0 Å². The van der Waals surface area contributed by atoms with Gasteiger partial charge in [0, 0.05) is 18.5 Å². The van der Waals surface area contributed by atoms with E-state index in [2.05, 4.69) is 10.6 Å². The standard InChI is InChI=1S/C20H24N2O4/c1-15-5-3-4-6-18(15)20(24)22-12-11-19(23)21-13-14-26-17-9-7-16(25-2)8-10-17/h3-10H,11-14H2,1-2H3,(H,21,23)(H,22,24). The van der Waals surface area contributed by atoms with Crippen LogP contribution in [0.5, 0.6) is 11.5 Å². The Balaban J connectivity index is 1.60. The third-order valence-corrected chi connectivity index (χ3v) is 3.78. The molecule has 138 valence electrons. The van der Waals surface area contributed by atoms with Crippen molar-refractivity contribution in [3.63, 3.8) is 0 Å². The average molecular weight is 356 g/mol. The first-order valence-electron chi connectivity index (χ1n) is 8.47. The lowest BCUT2D eigenvalue weighted by atomic mass is 10.1. The van der Waals surface area contributed by atoms with Crippen LogP contribution in [0.1, 0.15) is 22.3 Å². The van der Waals surface area contributed by atoms with Crippen molar-refractivity contribution in [1.82, 2.24) is 10.6 Å². The molecule has 0 radical (unpaired) electrons. The van der Waals surface area contributed by atoms with Crippen molar-refractivity contribution in [2.24, 2.45) is 0 Å². The van der Waals surface area contributed by atoms with Crippen molar-refractivity contribution in [2.45, 2.75) is 13.3 Å². The predicted molar refractivity (Wildman–Crippen MR) is 99.6 cm³/mol. The third-order valence-electron chi connectivity index (χ3n) is 3.78. The normalized spacial score (nSPS) is 10.1. The van der Waals surface area contributed by atoms with E-state index in [0.717, 1.165) is 11.3 Å². The van der Waals surface area contributed by atoms with Gasteiger partial charge in [0.1, 0.15) is 18.1 Å². The van der Waals surface area contributed by atoms with Gasteiger partial charge in [0.2, 0.25) is 5.91 Å². The second-order valence-corrected chi connectivity index (χ2v) is 5.69. The van der Waals surface area contributed by atoms with Gasteiger partial charge in [-0.2, -0.15) is 0 Å². The third kappa shape index (κ3) is 6.12. The molecule has 0 aliphatic rings. The number of hydrogen-bond acceptors (Lipinski definition) is 4. The Bertz CT molecular complexity index is 729. The second kappa shape index (κ2) is 10.1. The fourth-order valence-corrected chi connectivity index (χ4v) is 2.33. The smallest absolute Gasteiger partial charge is 0.251 e. The fraction of sp³-hybridized carbons (Fsp3) is 0.300. The summed E-state index contributed by atoms with van der Waals surface area (Å²) >= 11 is 0. The molecule has 2 aromatic rings. The minimum atomic E-state index is -0.168. The molecule has 26 heavy (non-hydrogen) atoms. The van der Waals surface area contributed by atoms with Crippen LogP contribution in [0.4, 0.5) is 0 Å². The molecule has 0 aliphatic carbocycles. The van der Waals surface area contributed by atoms with Crippen molar-refractivity contribution >= 4 is 11.8 Å². The maximum absolute atomic E-state index is 12.0. The number of rotatable bonds is 9. The van der Waals surface area contributed by atoms with Gasteiger partial charge in [-0.05, 0) is 42.8 Å². The van der Waals surface area contributed by atoms with Gasteiger partial charge < -0.3 is 20.1 Å². The van der Waals surface area contributed by atoms with Gasteiger partial charge in [-0.3, -0.25) is 9.59 Å². The molecule has 0 heterocycles. The van der Waals surface area contributed by atoms with Gasteiger partial charge in [0.15, 0.2) is 0 Å². The van der Waals surface area contributed by atoms with Crippen LogP contribution in [-0.4, -0.2) is 38.6 Å². The minimum Gasteiger partial charge on any atom is -0.497 e. The molecule has 0 saturated carbocycles. The molecule has 6 heteroatoms. The molecule has 0 saturated heterocycles. The SMILES string of the molecule is COc1ccc(OCCNC(=O)CCNC(=O)c2ccccc2C)cc1. The van der Waals surface area contributed by atoms with E-state index in [4.69, 9.17) is 9.47 Å². The van der Waals surface area contributed by atoms with E-state index >= 15 is 0 Å². The Morgan fingerprint density at radius 3 is 2.31 bits per heavy atom. The summed E-state index contributed by atoms with van der Waals surface area (Å²) in [5, 5.41) is 5.52. The highest BCUT2D eigenvalue weighted by Gasteiger charge is 2.08. The quantitative estimate of drug-likeness (QED) is 0.676. The minimum absolute atomic E-state index is 0.131. The molecule has 2 amide bonds. The van der Waals surface area contributed by atoms with Crippen LogP contribution in [0.3, 0.4) is 0 Å². The molecule has 0 bridgehead atoms. The molecule has 0 fully saturated rings. The first-order valence-corrected chi connectivity index (χ1v) is 8.47. The van der Waals surface area contributed by atoms with E-state index in [1.54, 1.807) is 13.2 Å². The maximum atomic E-state index is 12.0. The van der Waals surface area contributed by atoms with Crippen LogP contribution < -0.4 is 20.1 Å². The van der Waals surface area contributed by atoms with Crippen LogP contribution in [0.15, 0.2) is 48.5 Å². The number of amides is 2. The first kappa shape index (κ1) is 19.3. The number of carbonyl (C=O) groups excluding carboxylic acids is 2. The largest absolute Gasteiger partial charge is 0.497 e. The average Bonchev–Trinajstić information content (AvgIpc) is 2.66. The summed E-state index contributed by atoms with van der Waals surface area (Å²) in [6.45, 7) is 2.94. The topological polar surface area (TPSA) is 76.7 Å². The fourth-order valence-electron chi connectivity index (χ4n) is 2.33. The van der Waals surface area contributed by atoms with E-state index in [0.29, 0.717) is 31.0 Å². The number of nitrogens with one attached hydrogen (secondary N) is 2. The highest BCUT2D eigenvalue weighted by molar-refractivity contribution is 5.95. The molecule has 0 spiro atoms. The molecule has 0 atom stereocenters. The van der Waals surface area contributed by atoms with Gasteiger partial charge in [0.05, 0.1) is 13.7 Å². The summed E-state index contributed by atoms with van der Waals surface area (Å²) in [5.74, 6) is 1.18. The number of hydrogen-bond donors (Lipinski definition) is 2. The molecule has 0 unspecified atom stereocenters. The monoisotopic (exact) mass is 356 g/mol. The highest BCUT2D eigenvalue weighted by Crippen LogP contribution is 2.16. The Morgan fingerprint density at radius 1 is 0.923 bits per heavy atom. The van der Waals surface area contributed by atoms with Gasteiger partial charge in [-0.25, -0.2) is 0 Å². The molecule has 2 rings (SSSR count). The van der Waals surface area contributed by atoms with E-state index in [1.165, 1.54) is 0 Å². The molecule has 2 aromatic carbocycles. The first-order chi connectivity index (χ1) is 12.6. The predicted octanol–water partition coefficient (Wildman–Crippen LogP) is 2.32. The summed E-state index contributed by atoms with van der Waals surface area (Å²) < 4.78 is 10.6. The van der Waals surface area contributed by atoms with Gasteiger partial charge >= 0.3 is 0 Å². The Kier molecular flexibility index (Phi) is 7.49. The molecular formula is C20H24N2O4. The van der Waals surface area contributed by atoms with Crippen LogP contribution in [0.2, 0.25) is 0 Å². The maximum Gasteiger partial charge on any atom is 0.251 e. The summed E-state index contributed by atoms with van der Waals surface area (Å²) in [5.41, 5.74) is 1.53. The second-order valence-electron chi connectivity index (χ2n) is 5.69. The molecule has 0 aliphatic heterocycles. The number of carbonyl (C=O) groups is 2. The zero-order chi connectivity index (χ0) is 18.8. The lowest BCUT2D eigenvalue weighted by Gasteiger charge is -2.09. The van der Waals surface area contributed by atoms with Gasteiger partial charge in [0.25, 0.3) is 5.91 Å². The summed E-state index contributed by atoms with van der Waals surface area (Å²) in [6.07, 6.45) is 0.222. The van der Waals surface area contributed by atoms with Crippen LogP contribution in [-0.2, 0) is 4.79 Å². The number of methoxy groups -OCH3 is 1. The number of benzene rings is 2. The Morgan fingerprint density at radius 2 is 1.62 bits per heavy atom. The van der Waals surface area contributed by atoms with Crippen molar-refractivity contribution in [3.8, 4) is 11.5 Å². The summed E-state index contributed by atoms with van der Waals surface area (Å²) in [6, 6.07) is 14.6. The van der Waals surface area contributed by atoms with Gasteiger partial charge in [-0.15, -0.1) is 0 Å². The van der Waals surface area contributed by atoms with E-state index in [9.17, 15) is 9.59 Å².